The number of aliphatic carboxylic acids is 1. The molecule has 1 fully saturated rings. The van der Waals surface area contributed by atoms with E-state index in [1.54, 1.807) is 69.2 Å². The average molecular weight is 1140 g/mol. The number of carboxylic acids is 1. The first-order chi connectivity index (χ1) is 37.5. The van der Waals surface area contributed by atoms with Crippen molar-refractivity contribution < 1.29 is 77.9 Å². The maximum atomic E-state index is 14.8. The number of unbranched alkanes of at least 4 members (excludes halogenated alkanes) is 4. The predicted octanol–water partition coefficient (Wildman–Crippen LogP) is 0.486. The van der Waals surface area contributed by atoms with Gasteiger partial charge in [-0.25, -0.2) is 4.79 Å². The van der Waals surface area contributed by atoms with E-state index in [4.69, 9.17) is 4.74 Å². The van der Waals surface area contributed by atoms with Gasteiger partial charge in [-0.05, 0) is 75.0 Å². The highest BCUT2D eigenvalue weighted by atomic mass is 16.5. The molecule has 0 aromatic rings. The molecule has 0 radical (unpaired) electrons. The fourth-order valence-electron chi connectivity index (χ4n) is 8.82. The third-order valence-corrected chi connectivity index (χ3v) is 13.5. The highest BCUT2D eigenvalue weighted by Crippen LogP contribution is 2.17. The molecule has 13 N–H and O–H groups in total. The number of carbonyl (C=O) groups is 11. The van der Waals surface area contributed by atoms with Gasteiger partial charge >= 0.3 is 11.9 Å². The molecule has 12 atom stereocenters. The first-order valence-corrected chi connectivity index (χ1v) is 28.5. The van der Waals surface area contributed by atoms with Gasteiger partial charge in [0.15, 0.2) is 0 Å². The van der Waals surface area contributed by atoms with Crippen LogP contribution in [0.3, 0.4) is 0 Å². The Morgan fingerprint density at radius 3 is 1.51 bits per heavy atom. The van der Waals surface area contributed by atoms with Crippen LogP contribution in [0.15, 0.2) is 0 Å². The van der Waals surface area contributed by atoms with Crippen LogP contribution in [-0.4, -0.2) is 165 Å². The lowest BCUT2D eigenvalue weighted by Gasteiger charge is -2.32. The summed E-state index contributed by atoms with van der Waals surface area (Å²) in [5.74, 6) is -12.9. The lowest BCUT2D eigenvalue weighted by molar-refractivity contribution is -0.157. The number of amides is 9. The summed E-state index contributed by atoms with van der Waals surface area (Å²) >= 11 is 0. The topological polar surface area (TPSA) is 386 Å². The molecule has 80 heavy (non-hydrogen) atoms. The van der Waals surface area contributed by atoms with Crippen molar-refractivity contribution in [3.8, 4) is 0 Å². The van der Waals surface area contributed by atoms with E-state index in [9.17, 15) is 73.2 Å². The Balaban J connectivity index is 4.03. The molecule has 9 amide bonds. The number of carboxylic acid groups (broad SMARTS) is 1. The number of nitrogens with one attached hydrogen (secondary N) is 9. The molecule has 0 unspecified atom stereocenters. The van der Waals surface area contributed by atoms with Crippen LogP contribution in [-0.2, 0) is 57.5 Å². The van der Waals surface area contributed by atoms with E-state index in [-0.39, 0.29) is 62.2 Å². The predicted molar refractivity (Wildman–Crippen MR) is 295 cm³/mol. The van der Waals surface area contributed by atoms with Crippen molar-refractivity contribution >= 4 is 65.1 Å². The Labute approximate surface area is 471 Å². The fraction of sp³-hybridized carbons (Fsp3) is 0.800. The number of aliphatic hydroxyl groups excluding tert-OH is 3. The van der Waals surface area contributed by atoms with Crippen molar-refractivity contribution in [2.75, 3.05) is 13.2 Å². The summed E-state index contributed by atoms with van der Waals surface area (Å²) in [6, 6.07) is -14.1. The summed E-state index contributed by atoms with van der Waals surface area (Å²) in [6.45, 7) is 18.6. The standard InChI is InChI=1S/C55H97N9O16/c1-13-15-16-17-18-19-35(67)26-43(68)56-37(22-29(3)4)48(72)57-36(20-21-44(69)70)47(71)64-46-34(12)80-55(79)40(25-32(9)10)60-52(76)42(28-66)62-49(73)38(23-30(5)6)58-51(75)41(27-65)61-50(74)39(24-31(7)8)59-53(77)45(33(11)14-2)63-54(46)78/h29-42,45-46,65-67H,13-28H2,1-12H3,(H,56,68)(H,57,72)(H,58,75)(H,59,77)(H,60,76)(H,61,74)(H,62,73)(H,63,78)(H,64,71)(H,69,70)/t33-,34-,35-,36+,37-,38-,39-,40-,41+,42+,45+,46+/m0/s1. The van der Waals surface area contributed by atoms with E-state index >= 15 is 0 Å². The normalized spacial score (nSPS) is 23.9. The van der Waals surface area contributed by atoms with Crippen molar-refractivity contribution in [2.24, 2.45) is 29.6 Å². The van der Waals surface area contributed by atoms with Crippen molar-refractivity contribution in [3.05, 3.63) is 0 Å². The maximum absolute atomic E-state index is 14.8. The molecule has 0 bridgehead atoms. The van der Waals surface area contributed by atoms with Crippen LogP contribution in [0.5, 0.6) is 0 Å². The van der Waals surface area contributed by atoms with Crippen molar-refractivity contribution in [3.63, 3.8) is 0 Å². The second-order valence-electron chi connectivity index (χ2n) is 22.9. The summed E-state index contributed by atoms with van der Waals surface area (Å²) < 4.78 is 5.82. The monoisotopic (exact) mass is 1140 g/mol. The molecule has 1 rings (SSSR count). The third kappa shape index (κ3) is 27.0. The second kappa shape index (κ2) is 37.1. The Bertz CT molecular complexity index is 2040. The summed E-state index contributed by atoms with van der Waals surface area (Å²) in [5, 5.41) is 63.7. The minimum Gasteiger partial charge on any atom is -0.481 e. The Kier molecular flexibility index (Phi) is 33.5. The van der Waals surface area contributed by atoms with Crippen LogP contribution >= 0.6 is 0 Å². The van der Waals surface area contributed by atoms with Crippen LogP contribution in [0.25, 0.3) is 0 Å². The average Bonchev–Trinajstić information content (AvgIpc) is 3.36. The lowest BCUT2D eigenvalue weighted by atomic mass is 9.96. The van der Waals surface area contributed by atoms with E-state index in [1.165, 1.54) is 6.92 Å². The van der Waals surface area contributed by atoms with Crippen LogP contribution in [0.4, 0.5) is 0 Å². The smallest absolute Gasteiger partial charge is 0.328 e. The molecule has 1 saturated heterocycles. The van der Waals surface area contributed by atoms with Gasteiger partial charge in [-0.2, -0.15) is 0 Å². The molecular formula is C55H97N9O16. The molecule has 1 aliphatic heterocycles. The zero-order chi connectivity index (χ0) is 61.0. The second-order valence-corrected chi connectivity index (χ2v) is 22.9. The summed E-state index contributed by atoms with van der Waals surface area (Å²) in [6.07, 6.45) is 0.971. The zero-order valence-corrected chi connectivity index (χ0v) is 49.2. The third-order valence-electron chi connectivity index (χ3n) is 13.5. The quantitative estimate of drug-likeness (QED) is 0.0374. The number of hydrogen-bond acceptors (Lipinski definition) is 15. The first kappa shape index (κ1) is 72.1. The number of esters is 1. The van der Waals surface area contributed by atoms with Crippen LogP contribution < -0.4 is 47.9 Å². The molecule has 458 valence electrons. The molecule has 0 aromatic heterocycles. The van der Waals surface area contributed by atoms with E-state index in [0.717, 1.165) is 25.7 Å². The molecule has 1 heterocycles. The molecule has 0 saturated carbocycles. The number of carbonyl (C=O) groups excluding carboxylic acids is 10. The van der Waals surface area contributed by atoms with Crippen molar-refractivity contribution in [1.29, 1.82) is 0 Å². The van der Waals surface area contributed by atoms with Gasteiger partial charge in [-0.15, -0.1) is 0 Å². The summed E-state index contributed by atoms with van der Waals surface area (Å²) in [7, 11) is 0. The van der Waals surface area contributed by atoms with Gasteiger partial charge in [0, 0.05) is 6.42 Å². The van der Waals surface area contributed by atoms with E-state index in [1.807, 2.05) is 0 Å². The molecule has 25 nitrogen and oxygen atoms in total. The van der Waals surface area contributed by atoms with E-state index < -0.39 is 164 Å². The largest absolute Gasteiger partial charge is 0.481 e. The number of hydrogen-bond donors (Lipinski definition) is 13. The lowest BCUT2D eigenvalue weighted by Crippen LogP contribution is -2.63. The zero-order valence-electron chi connectivity index (χ0n) is 49.2. The Morgan fingerprint density at radius 1 is 0.562 bits per heavy atom. The van der Waals surface area contributed by atoms with Crippen LogP contribution in [0, 0.1) is 29.6 Å². The van der Waals surface area contributed by atoms with E-state index in [0.29, 0.717) is 12.8 Å². The minimum atomic E-state index is -1.95. The minimum absolute atomic E-state index is 0.00913. The Hall–Kier alpha value is -5.95. The Morgan fingerprint density at radius 2 is 1.04 bits per heavy atom. The van der Waals surface area contributed by atoms with Gasteiger partial charge in [-0.3, -0.25) is 47.9 Å². The maximum Gasteiger partial charge on any atom is 0.328 e. The van der Waals surface area contributed by atoms with Crippen molar-refractivity contribution in [2.45, 2.75) is 240 Å². The van der Waals surface area contributed by atoms with Crippen LogP contribution in [0.1, 0.15) is 173 Å². The van der Waals surface area contributed by atoms with Crippen molar-refractivity contribution in [1.82, 2.24) is 47.9 Å². The van der Waals surface area contributed by atoms with Gasteiger partial charge in [-0.1, -0.05) is 115 Å². The number of ether oxygens (including phenoxy) is 1. The van der Waals surface area contributed by atoms with Gasteiger partial charge in [0.1, 0.15) is 60.5 Å². The highest BCUT2D eigenvalue weighted by Gasteiger charge is 2.40. The molecular weight excluding hydrogens is 1040 g/mol. The first-order valence-electron chi connectivity index (χ1n) is 28.5. The van der Waals surface area contributed by atoms with Gasteiger partial charge < -0.3 is 73.0 Å². The molecule has 0 aromatic carbocycles. The number of cyclic esters (lactones) is 1. The summed E-state index contributed by atoms with van der Waals surface area (Å²) in [5.41, 5.74) is 0. The molecule has 1 aliphatic rings. The SMILES string of the molecule is CCCCCCC[C@H](O)CC(=O)N[C@@H](CC(C)C)C(=O)N[C@H](CCC(=O)O)C(=O)N[C@H]1C(=O)N[C@H]([C@@H](C)CC)C(=O)N[C@@H](CC(C)C)C(=O)N[C@H](CO)C(=O)N[C@@H](CC(C)C)C(=O)N[C@H](CO)C(=O)N[C@@H](CC(C)C)C(=O)O[C@H]1C. The fourth-order valence-corrected chi connectivity index (χ4v) is 8.82. The molecule has 0 aliphatic carbocycles. The van der Waals surface area contributed by atoms with Gasteiger partial charge in [0.25, 0.3) is 0 Å². The van der Waals surface area contributed by atoms with Crippen LogP contribution in [0.2, 0.25) is 0 Å². The van der Waals surface area contributed by atoms with Gasteiger partial charge in [0.05, 0.1) is 25.7 Å². The van der Waals surface area contributed by atoms with E-state index in [2.05, 4.69) is 54.8 Å². The highest BCUT2D eigenvalue weighted by molar-refractivity contribution is 5.99. The number of rotatable bonds is 28. The molecule has 0 spiro atoms. The number of aliphatic hydroxyl groups is 3. The van der Waals surface area contributed by atoms with Gasteiger partial charge in [0.2, 0.25) is 53.2 Å². The summed E-state index contributed by atoms with van der Waals surface area (Å²) in [4.78, 5) is 152. The molecule has 25 heteroatoms.